The Morgan fingerprint density at radius 2 is 1.65 bits per heavy atom. The summed E-state index contributed by atoms with van der Waals surface area (Å²) in [4.78, 5) is 34.8. The van der Waals surface area contributed by atoms with Crippen LogP contribution in [0, 0.1) is 12.8 Å². The van der Waals surface area contributed by atoms with Gasteiger partial charge in [-0.1, -0.05) is 13.0 Å². The summed E-state index contributed by atoms with van der Waals surface area (Å²) in [6.07, 6.45) is 12.2. The first-order valence-corrected chi connectivity index (χ1v) is 13.1. The zero-order valence-corrected chi connectivity index (χ0v) is 21.8. The van der Waals surface area contributed by atoms with E-state index in [1.807, 2.05) is 36.5 Å². The van der Waals surface area contributed by atoms with Crippen LogP contribution < -0.4 is 25.8 Å². The maximum absolute atomic E-state index is 12.4. The molecule has 2 N–H and O–H groups in total. The molecule has 0 radical (unpaired) electrons. The van der Waals surface area contributed by atoms with Crippen LogP contribution in [0.2, 0.25) is 0 Å². The van der Waals surface area contributed by atoms with E-state index in [4.69, 9.17) is 10.5 Å². The van der Waals surface area contributed by atoms with Gasteiger partial charge in [0.05, 0.1) is 24.5 Å². The van der Waals surface area contributed by atoms with Crippen molar-refractivity contribution in [2.45, 2.75) is 58.2 Å². The molecule has 3 aromatic heterocycles. The number of aryl methyl sites for hydroxylation is 2. The average Bonchev–Trinajstić information content (AvgIpc) is 3.31. The molecule has 3 aromatic rings. The SMILES string of the molecule is CCc1cnc(N2CCC(C(C)Oc3cnc(N4CC(N)C(n5cc(C)ccc5=O)C4)nc3)CC2)nc1. The summed E-state index contributed by atoms with van der Waals surface area (Å²) in [7, 11) is 0. The molecule has 5 heterocycles. The van der Waals surface area contributed by atoms with Gasteiger partial charge in [-0.2, -0.15) is 0 Å². The molecule has 2 fully saturated rings. The largest absolute Gasteiger partial charge is 0.487 e. The van der Waals surface area contributed by atoms with E-state index in [1.54, 1.807) is 23.0 Å². The van der Waals surface area contributed by atoms with E-state index >= 15 is 0 Å². The van der Waals surface area contributed by atoms with Crippen LogP contribution in [0.5, 0.6) is 5.75 Å². The van der Waals surface area contributed by atoms with Gasteiger partial charge in [-0.25, -0.2) is 19.9 Å². The summed E-state index contributed by atoms with van der Waals surface area (Å²) in [5, 5.41) is 0. The number of nitrogens with zero attached hydrogens (tertiary/aromatic N) is 7. The lowest BCUT2D eigenvalue weighted by Gasteiger charge is -2.34. The van der Waals surface area contributed by atoms with E-state index in [9.17, 15) is 4.79 Å². The Labute approximate surface area is 217 Å². The molecule has 2 aliphatic rings. The second-order valence-corrected chi connectivity index (χ2v) is 10.2. The molecule has 0 spiro atoms. The minimum Gasteiger partial charge on any atom is -0.487 e. The lowest BCUT2D eigenvalue weighted by atomic mass is 9.92. The molecule has 196 valence electrons. The second kappa shape index (κ2) is 10.8. The van der Waals surface area contributed by atoms with Crippen molar-refractivity contribution in [3.8, 4) is 5.75 Å². The molecule has 10 nitrogen and oxygen atoms in total. The zero-order chi connectivity index (χ0) is 25.9. The van der Waals surface area contributed by atoms with Crippen LogP contribution in [0.15, 0.2) is 47.9 Å². The molecule has 0 bridgehead atoms. The Bertz CT molecular complexity index is 1240. The fraction of sp³-hybridized carbons (Fsp3) is 0.519. The Balaban J connectivity index is 1.15. The lowest BCUT2D eigenvalue weighted by Crippen LogP contribution is -2.39. The lowest BCUT2D eigenvalue weighted by molar-refractivity contribution is 0.132. The van der Waals surface area contributed by atoms with Crippen LogP contribution in [-0.4, -0.2) is 62.8 Å². The van der Waals surface area contributed by atoms with Crippen molar-refractivity contribution < 1.29 is 4.74 Å². The molecule has 3 atom stereocenters. The van der Waals surface area contributed by atoms with Gasteiger partial charge >= 0.3 is 0 Å². The van der Waals surface area contributed by atoms with Crippen LogP contribution in [0.4, 0.5) is 11.9 Å². The molecule has 3 unspecified atom stereocenters. The van der Waals surface area contributed by atoms with Crippen molar-refractivity contribution >= 4 is 11.9 Å². The van der Waals surface area contributed by atoms with Crippen LogP contribution in [0.3, 0.4) is 0 Å². The summed E-state index contributed by atoms with van der Waals surface area (Å²) in [6.45, 7) is 9.20. The van der Waals surface area contributed by atoms with Gasteiger partial charge in [-0.05, 0) is 50.2 Å². The smallest absolute Gasteiger partial charge is 0.250 e. The highest BCUT2D eigenvalue weighted by molar-refractivity contribution is 5.35. The highest BCUT2D eigenvalue weighted by atomic mass is 16.5. The van der Waals surface area contributed by atoms with E-state index in [0.29, 0.717) is 30.7 Å². The number of anilines is 2. The number of ether oxygens (including phenoxy) is 1. The molecule has 2 saturated heterocycles. The molecule has 0 saturated carbocycles. The summed E-state index contributed by atoms with van der Waals surface area (Å²) < 4.78 is 7.95. The molecule has 5 rings (SSSR count). The fourth-order valence-corrected chi connectivity index (χ4v) is 5.25. The second-order valence-electron chi connectivity index (χ2n) is 10.2. The summed E-state index contributed by atoms with van der Waals surface area (Å²) in [5.74, 6) is 2.51. The van der Waals surface area contributed by atoms with Crippen molar-refractivity contribution in [2.75, 3.05) is 36.0 Å². The van der Waals surface area contributed by atoms with E-state index in [0.717, 1.165) is 49.4 Å². The molecular weight excluding hydrogens is 468 g/mol. The van der Waals surface area contributed by atoms with E-state index in [-0.39, 0.29) is 23.7 Å². The third-order valence-electron chi connectivity index (χ3n) is 7.58. The predicted octanol–water partition coefficient (Wildman–Crippen LogP) is 2.37. The van der Waals surface area contributed by atoms with Crippen molar-refractivity contribution in [2.24, 2.45) is 11.7 Å². The van der Waals surface area contributed by atoms with Gasteiger partial charge in [0.25, 0.3) is 5.56 Å². The highest BCUT2D eigenvalue weighted by Crippen LogP contribution is 2.27. The first kappa shape index (κ1) is 25.1. The van der Waals surface area contributed by atoms with Crippen molar-refractivity contribution in [1.29, 1.82) is 0 Å². The minimum atomic E-state index is -0.181. The van der Waals surface area contributed by atoms with Crippen LogP contribution in [0.1, 0.15) is 43.9 Å². The van der Waals surface area contributed by atoms with Gasteiger partial charge in [0.2, 0.25) is 11.9 Å². The molecule has 10 heteroatoms. The normalized spacial score (nSPS) is 21.3. The Morgan fingerprint density at radius 1 is 1.00 bits per heavy atom. The quantitative estimate of drug-likeness (QED) is 0.518. The summed E-state index contributed by atoms with van der Waals surface area (Å²) >= 11 is 0. The molecule has 0 aliphatic carbocycles. The van der Waals surface area contributed by atoms with E-state index in [2.05, 4.69) is 38.7 Å². The van der Waals surface area contributed by atoms with Gasteiger partial charge in [0, 0.05) is 56.9 Å². The Morgan fingerprint density at radius 3 is 2.32 bits per heavy atom. The van der Waals surface area contributed by atoms with Crippen molar-refractivity contribution in [3.05, 3.63) is 64.6 Å². The first-order valence-electron chi connectivity index (χ1n) is 13.1. The molecular formula is C27H36N8O2. The third-order valence-corrected chi connectivity index (χ3v) is 7.58. The number of aromatic nitrogens is 5. The van der Waals surface area contributed by atoms with E-state index < -0.39 is 0 Å². The number of hydrogen-bond acceptors (Lipinski definition) is 9. The number of nitrogens with two attached hydrogens (primary N) is 1. The highest BCUT2D eigenvalue weighted by Gasteiger charge is 2.33. The fourth-order valence-electron chi connectivity index (χ4n) is 5.25. The van der Waals surface area contributed by atoms with Gasteiger partial charge < -0.3 is 24.8 Å². The monoisotopic (exact) mass is 504 g/mol. The van der Waals surface area contributed by atoms with Crippen LogP contribution in [-0.2, 0) is 6.42 Å². The van der Waals surface area contributed by atoms with Gasteiger partial charge in [0.1, 0.15) is 0 Å². The maximum atomic E-state index is 12.4. The Hall–Kier alpha value is -3.53. The van der Waals surface area contributed by atoms with Crippen LogP contribution in [0.25, 0.3) is 0 Å². The number of pyridine rings is 1. The standard InChI is InChI=1S/C27H36N8O2/c1-4-20-11-29-26(30-12-20)33-9-7-21(8-10-33)19(3)37-22-13-31-27(32-14-22)34-16-23(28)24(17-34)35-15-18(2)5-6-25(35)36/h5-6,11-15,19,21,23-24H,4,7-10,16-17,28H2,1-3H3. The van der Waals surface area contributed by atoms with Crippen LogP contribution >= 0.6 is 0 Å². The topological polar surface area (TPSA) is 115 Å². The maximum Gasteiger partial charge on any atom is 0.250 e. The zero-order valence-electron chi connectivity index (χ0n) is 21.8. The van der Waals surface area contributed by atoms with Crippen molar-refractivity contribution in [1.82, 2.24) is 24.5 Å². The van der Waals surface area contributed by atoms with E-state index in [1.165, 1.54) is 0 Å². The predicted molar refractivity (Wildman–Crippen MR) is 143 cm³/mol. The van der Waals surface area contributed by atoms with Crippen molar-refractivity contribution in [3.63, 3.8) is 0 Å². The third kappa shape index (κ3) is 5.58. The first-order chi connectivity index (χ1) is 17.9. The molecule has 0 amide bonds. The van der Waals surface area contributed by atoms with Gasteiger partial charge in [-0.3, -0.25) is 4.79 Å². The Kier molecular flexibility index (Phi) is 7.36. The number of rotatable bonds is 7. The van der Waals surface area contributed by atoms with Gasteiger partial charge in [0.15, 0.2) is 5.75 Å². The molecule has 37 heavy (non-hydrogen) atoms. The summed E-state index contributed by atoms with van der Waals surface area (Å²) in [5.41, 5.74) is 8.55. The molecule has 0 aromatic carbocycles. The number of hydrogen-bond donors (Lipinski definition) is 1. The average molecular weight is 505 g/mol. The summed E-state index contributed by atoms with van der Waals surface area (Å²) in [6, 6.07) is 3.12. The molecule has 2 aliphatic heterocycles. The number of piperidine rings is 1. The van der Waals surface area contributed by atoms with Gasteiger partial charge in [-0.15, -0.1) is 0 Å². The minimum absolute atomic E-state index is 0.0423.